The lowest BCUT2D eigenvalue weighted by molar-refractivity contribution is 0.102. The van der Waals surface area contributed by atoms with Crippen LogP contribution in [0.15, 0.2) is 0 Å². The third-order valence-corrected chi connectivity index (χ3v) is 6.14. The van der Waals surface area contributed by atoms with E-state index < -0.39 is 0 Å². The van der Waals surface area contributed by atoms with Crippen molar-refractivity contribution < 1.29 is 5.11 Å². The van der Waals surface area contributed by atoms with Crippen molar-refractivity contribution in [2.75, 3.05) is 31.6 Å². The van der Waals surface area contributed by atoms with Gasteiger partial charge in [0.15, 0.2) is 5.13 Å². The van der Waals surface area contributed by atoms with Crippen LogP contribution in [0.4, 0.5) is 5.13 Å². The van der Waals surface area contributed by atoms with Gasteiger partial charge in [-0.15, -0.1) is 0 Å². The second-order valence-corrected chi connectivity index (χ2v) is 7.86. The average Bonchev–Trinajstić information content (AvgIpc) is 2.91. The summed E-state index contributed by atoms with van der Waals surface area (Å²) in [7, 11) is 2.27. The fourth-order valence-electron chi connectivity index (χ4n) is 3.88. The first-order valence-corrected chi connectivity index (χ1v) is 8.97. The quantitative estimate of drug-likeness (QED) is 0.932. The predicted molar refractivity (Wildman–Crippen MR) is 88.1 cm³/mol. The van der Waals surface area contributed by atoms with Gasteiger partial charge >= 0.3 is 0 Å². The van der Waals surface area contributed by atoms with Crippen molar-refractivity contribution in [3.63, 3.8) is 0 Å². The molecule has 118 valence electrons. The highest BCUT2D eigenvalue weighted by molar-refractivity contribution is 7.15. The minimum absolute atomic E-state index is 0.119. The Hall–Kier alpha value is -0.650. The number of thiazole rings is 1. The van der Waals surface area contributed by atoms with E-state index in [9.17, 15) is 5.11 Å². The lowest BCUT2D eigenvalue weighted by atomic mass is 9.84. The topological polar surface area (TPSA) is 39.6 Å². The summed E-state index contributed by atoms with van der Waals surface area (Å²) in [5, 5.41) is 10.7. The first kappa shape index (κ1) is 15.3. The maximum atomic E-state index is 9.55. The maximum Gasteiger partial charge on any atom is 0.185 e. The van der Waals surface area contributed by atoms with E-state index in [1.165, 1.54) is 25.8 Å². The molecule has 2 aliphatic heterocycles. The minimum Gasteiger partial charge on any atom is -0.391 e. The molecule has 3 rings (SSSR count). The van der Waals surface area contributed by atoms with Crippen LogP contribution in [0.2, 0.25) is 0 Å². The molecule has 0 radical (unpaired) electrons. The van der Waals surface area contributed by atoms with Crippen molar-refractivity contribution >= 4 is 16.5 Å². The van der Waals surface area contributed by atoms with E-state index in [1.54, 1.807) is 11.3 Å². The van der Waals surface area contributed by atoms with Crippen LogP contribution in [-0.2, 0) is 6.61 Å². The zero-order valence-corrected chi connectivity index (χ0v) is 14.2. The number of likely N-dealkylation sites (tertiary alicyclic amines) is 1. The molecule has 0 spiro atoms. The van der Waals surface area contributed by atoms with Gasteiger partial charge in [0, 0.05) is 19.1 Å². The normalized spacial score (nSPS) is 27.2. The Bertz CT molecular complexity index is 488. The summed E-state index contributed by atoms with van der Waals surface area (Å²) in [6.07, 6.45) is 3.91. The lowest BCUT2D eigenvalue weighted by Gasteiger charge is -2.45. The van der Waals surface area contributed by atoms with Gasteiger partial charge in [-0.25, -0.2) is 4.98 Å². The molecule has 0 amide bonds. The molecule has 1 aromatic rings. The molecular weight excluding hydrogens is 282 g/mol. The van der Waals surface area contributed by atoms with Gasteiger partial charge < -0.3 is 14.9 Å². The van der Waals surface area contributed by atoms with E-state index >= 15 is 0 Å². The van der Waals surface area contributed by atoms with E-state index in [0.29, 0.717) is 5.92 Å². The van der Waals surface area contributed by atoms with Crippen LogP contribution in [0.1, 0.15) is 49.6 Å². The Balaban J connectivity index is 1.76. The molecule has 2 aliphatic rings. The molecular formula is C16H27N3OS. The van der Waals surface area contributed by atoms with E-state index in [2.05, 4.69) is 30.7 Å². The smallest absolute Gasteiger partial charge is 0.185 e. The predicted octanol–water partition coefficient (Wildman–Crippen LogP) is 2.68. The number of aromatic nitrogens is 1. The number of fused-ring (bicyclic) bond motifs is 1. The number of piperidine rings is 2. The summed E-state index contributed by atoms with van der Waals surface area (Å²) in [4.78, 5) is 10.9. The van der Waals surface area contributed by atoms with Crippen LogP contribution >= 0.6 is 11.3 Å². The molecule has 3 heterocycles. The maximum absolute atomic E-state index is 9.55. The molecule has 0 aromatic carbocycles. The number of nitrogens with zero attached hydrogens (tertiary/aromatic N) is 3. The van der Waals surface area contributed by atoms with E-state index in [4.69, 9.17) is 4.98 Å². The molecule has 0 bridgehead atoms. The van der Waals surface area contributed by atoms with Crippen molar-refractivity contribution in [1.82, 2.24) is 9.88 Å². The zero-order chi connectivity index (χ0) is 15.0. The summed E-state index contributed by atoms with van der Waals surface area (Å²) in [5.74, 6) is 1.16. The van der Waals surface area contributed by atoms with Crippen molar-refractivity contribution in [1.29, 1.82) is 0 Å². The molecule has 1 N–H and O–H groups in total. The summed E-state index contributed by atoms with van der Waals surface area (Å²) >= 11 is 1.69. The summed E-state index contributed by atoms with van der Waals surface area (Å²) in [5.41, 5.74) is 1.08. The molecule has 2 saturated heterocycles. The van der Waals surface area contributed by atoms with Gasteiger partial charge in [0.2, 0.25) is 0 Å². The molecule has 2 unspecified atom stereocenters. The highest BCUT2D eigenvalue weighted by atomic mass is 32.1. The Morgan fingerprint density at radius 3 is 2.81 bits per heavy atom. The fraction of sp³-hybridized carbons (Fsp3) is 0.812. The summed E-state index contributed by atoms with van der Waals surface area (Å²) < 4.78 is 0. The third kappa shape index (κ3) is 2.96. The van der Waals surface area contributed by atoms with Gasteiger partial charge in [0.05, 0.1) is 17.2 Å². The highest BCUT2D eigenvalue weighted by Gasteiger charge is 2.35. The SMILES string of the molecule is CC(C)c1nc(N2CCC3C(CCCN3C)C2)sc1CO. The Labute approximate surface area is 131 Å². The molecule has 21 heavy (non-hydrogen) atoms. The average molecular weight is 309 g/mol. The number of anilines is 1. The van der Waals surface area contributed by atoms with E-state index in [1.807, 2.05) is 0 Å². The van der Waals surface area contributed by atoms with E-state index in [-0.39, 0.29) is 6.61 Å². The van der Waals surface area contributed by atoms with Gasteiger partial charge in [0.25, 0.3) is 0 Å². The van der Waals surface area contributed by atoms with Gasteiger partial charge in [-0.2, -0.15) is 0 Å². The van der Waals surface area contributed by atoms with Crippen molar-refractivity contribution in [2.45, 2.75) is 51.7 Å². The second-order valence-electron chi connectivity index (χ2n) is 6.80. The third-order valence-electron chi connectivity index (χ3n) is 5.02. The van der Waals surface area contributed by atoms with Crippen molar-refractivity contribution in [2.24, 2.45) is 5.92 Å². The van der Waals surface area contributed by atoms with Crippen LogP contribution < -0.4 is 4.90 Å². The highest BCUT2D eigenvalue weighted by Crippen LogP contribution is 2.36. The van der Waals surface area contributed by atoms with Crippen LogP contribution in [0, 0.1) is 5.92 Å². The molecule has 0 aliphatic carbocycles. The Morgan fingerprint density at radius 2 is 2.14 bits per heavy atom. The molecule has 1 aromatic heterocycles. The number of rotatable bonds is 3. The largest absolute Gasteiger partial charge is 0.391 e. The molecule has 0 saturated carbocycles. The Morgan fingerprint density at radius 1 is 1.33 bits per heavy atom. The zero-order valence-electron chi connectivity index (χ0n) is 13.4. The fourth-order valence-corrected chi connectivity index (χ4v) is 4.99. The van der Waals surface area contributed by atoms with Gasteiger partial charge in [-0.05, 0) is 44.7 Å². The number of aliphatic hydroxyl groups excluding tert-OH is 1. The summed E-state index contributed by atoms with van der Waals surface area (Å²) in [6.45, 7) is 7.91. The molecule has 5 heteroatoms. The standard InChI is InChI=1S/C16H27N3OS/c1-11(2)15-14(10-20)21-16(17-15)19-8-6-13-12(9-19)5-4-7-18(13)3/h11-13,20H,4-10H2,1-3H3. The van der Waals surface area contributed by atoms with Crippen LogP contribution in [0.3, 0.4) is 0 Å². The lowest BCUT2D eigenvalue weighted by Crippen LogP contribution is -2.52. The molecule has 2 atom stereocenters. The van der Waals surface area contributed by atoms with Gasteiger partial charge in [0.1, 0.15) is 0 Å². The first-order valence-electron chi connectivity index (χ1n) is 8.15. The van der Waals surface area contributed by atoms with Crippen molar-refractivity contribution in [3.8, 4) is 0 Å². The van der Waals surface area contributed by atoms with Crippen LogP contribution in [0.5, 0.6) is 0 Å². The van der Waals surface area contributed by atoms with Gasteiger partial charge in [-0.1, -0.05) is 25.2 Å². The monoisotopic (exact) mass is 309 g/mol. The first-order chi connectivity index (χ1) is 10.1. The second kappa shape index (κ2) is 6.23. The van der Waals surface area contributed by atoms with Crippen molar-refractivity contribution in [3.05, 3.63) is 10.6 Å². The summed E-state index contributed by atoms with van der Waals surface area (Å²) in [6, 6.07) is 0.761. The number of hydrogen-bond donors (Lipinski definition) is 1. The van der Waals surface area contributed by atoms with Gasteiger partial charge in [-0.3, -0.25) is 0 Å². The molecule has 4 nitrogen and oxygen atoms in total. The Kier molecular flexibility index (Phi) is 4.52. The number of hydrogen-bond acceptors (Lipinski definition) is 5. The van der Waals surface area contributed by atoms with Crippen LogP contribution in [-0.4, -0.2) is 47.7 Å². The number of aliphatic hydroxyl groups is 1. The molecule has 2 fully saturated rings. The van der Waals surface area contributed by atoms with Crippen LogP contribution in [0.25, 0.3) is 0 Å². The van der Waals surface area contributed by atoms with E-state index in [0.717, 1.165) is 40.8 Å². The minimum atomic E-state index is 0.119.